The fourth-order valence-electron chi connectivity index (χ4n) is 1.68. The summed E-state index contributed by atoms with van der Waals surface area (Å²) in [4.78, 5) is 2.35. The molecule has 104 valence electrons. The van der Waals surface area contributed by atoms with E-state index in [0.717, 1.165) is 33.0 Å². The molecule has 17 heavy (non-hydrogen) atoms. The molecule has 0 aliphatic heterocycles. The van der Waals surface area contributed by atoms with E-state index in [1.807, 2.05) is 6.92 Å². The zero-order chi connectivity index (χ0) is 12.8. The molecule has 0 aliphatic carbocycles. The van der Waals surface area contributed by atoms with E-state index < -0.39 is 0 Å². The Kier molecular flexibility index (Phi) is 13.8. The molecule has 0 saturated carbocycles. The highest BCUT2D eigenvalue weighted by molar-refractivity contribution is 4.52. The maximum atomic E-state index is 5.48. The molecule has 0 heterocycles. The Labute approximate surface area is 107 Å². The van der Waals surface area contributed by atoms with Gasteiger partial charge < -0.3 is 14.4 Å². The van der Waals surface area contributed by atoms with Gasteiger partial charge in [0.2, 0.25) is 0 Å². The largest absolute Gasteiger partial charge is 0.379 e. The minimum atomic E-state index is 0.719. The summed E-state index contributed by atoms with van der Waals surface area (Å²) in [5, 5.41) is 0. The molecule has 0 aromatic carbocycles. The lowest BCUT2D eigenvalue weighted by molar-refractivity contribution is 0.0452. The van der Waals surface area contributed by atoms with Crippen LogP contribution in [0.3, 0.4) is 0 Å². The first-order valence-corrected chi connectivity index (χ1v) is 7.15. The van der Waals surface area contributed by atoms with Crippen LogP contribution < -0.4 is 0 Å². The molecule has 0 spiro atoms. The normalized spacial score (nSPS) is 11.3. The van der Waals surface area contributed by atoms with E-state index in [1.54, 1.807) is 0 Å². The van der Waals surface area contributed by atoms with Crippen LogP contribution in [0, 0.1) is 0 Å². The van der Waals surface area contributed by atoms with Crippen molar-refractivity contribution in [1.82, 2.24) is 4.90 Å². The van der Waals surface area contributed by atoms with E-state index in [9.17, 15) is 0 Å². The molecule has 0 bridgehead atoms. The van der Waals surface area contributed by atoms with E-state index in [1.165, 1.54) is 38.6 Å². The third-order valence-corrected chi connectivity index (χ3v) is 2.84. The van der Waals surface area contributed by atoms with Crippen molar-refractivity contribution in [2.45, 2.75) is 46.0 Å². The Morgan fingerprint density at radius 2 is 1.47 bits per heavy atom. The Bertz CT molecular complexity index is 142. The van der Waals surface area contributed by atoms with Crippen molar-refractivity contribution in [2.75, 3.05) is 46.6 Å². The molecule has 0 aromatic heterocycles. The van der Waals surface area contributed by atoms with E-state index in [2.05, 4.69) is 18.9 Å². The van der Waals surface area contributed by atoms with Gasteiger partial charge in [-0.15, -0.1) is 0 Å². The highest BCUT2D eigenvalue weighted by Crippen LogP contribution is 2.02. The van der Waals surface area contributed by atoms with Crippen molar-refractivity contribution < 1.29 is 9.47 Å². The van der Waals surface area contributed by atoms with Crippen molar-refractivity contribution in [3.05, 3.63) is 0 Å². The highest BCUT2D eigenvalue weighted by atomic mass is 16.5. The third kappa shape index (κ3) is 13.8. The lowest BCUT2D eigenvalue weighted by Crippen LogP contribution is -2.24. The van der Waals surface area contributed by atoms with Gasteiger partial charge in [-0.05, 0) is 26.9 Å². The van der Waals surface area contributed by atoms with Crippen molar-refractivity contribution >= 4 is 0 Å². The van der Waals surface area contributed by atoms with Crippen LogP contribution in [0.5, 0.6) is 0 Å². The van der Waals surface area contributed by atoms with Crippen LogP contribution in [0.1, 0.15) is 46.0 Å². The van der Waals surface area contributed by atoms with Crippen LogP contribution in [-0.2, 0) is 9.47 Å². The average Bonchev–Trinajstić information content (AvgIpc) is 2.33. The Balaban J connectivity index is 3.09. The monoisotopic (exact) mass is 245 g/mol. The molecule has 0 aromatic rings. The second-order valence-electron chi connectivity index (χ2n) is 4.53. The number of hydrogen-bond acceptors (Lipinski definition) is 3. The number of ether oxygens (including phenoxy) is 2. The predicted molar refractivity (Wildman–Crippen MR) is 73.6 cm³/mol. The molecule has 3 nitrogen and oxygen atoms in total. The number of likely N-dealkylation sites (N-methyl/N-ethyl adjacent to an activating group) is 1. The summed E-state index contributed by atoms with van der Waals surface area (Å²) in [6, 6.07) is 0. The molecule has 0 aliphatic rings. The summed E-state index contributed by atoms with van der Waals surface area (Å²) in [6.45, 7) is 9.52. The Hall–Kier alpha value is -0.120. The standard InChI is InChI=1S/C14H31NO2/c1-4-6-7-8-9-10-15(3)11-12-17-14-13-16-5-2/h4-14H2,1-3H3. The van der Waals surface area contributed by atoms with Crippen molar-refractivity contribution in [2.24, 2.45) is 0 Å². The minimum absolute atomic E-state index is 0.719. The van der Waals surface area contributed by atoms with Crippen molar-refractivity contribution in [3.63, 3.8) is 0 Å². The number of hydrogen-bond donors (Lipinski definition) is 0. The zero-order valence-corrected chi connectivity index (χ0v) is 12.0. The van der Waals surface area contributed by atoms with Crippen LogP contribution >= 0.6 is 0 Å². The van der Waals surface area contributed by atoms with Crippen LogP contribution in [-0.4, -0.2) is 51.5 Å². The van der Waals surface area contributed by atoms with Gasteiger partial charge in [0, 0.05) is 13.2 Å². The summed E-state index contributed by atoms with van der Waals surface area (Å²) in [6.07, 6.45) is 6.77. The molecule has 0 radical (unpaired) electrons. The van der Waals surface area contributed by atoms with Gasteiger partial charge in [0.25, 0.3) is 0 Å². The second-order valence-corrected chi connectivity index (χ2v) is 4.53. The summed E-state index contributed by atoms with van der Waals surface area (Å²) < 4.78 is 10.7. The molecule has 0 unspecified atom stereocenters. The maximum Gasteiger partial charge on any atom is 0.0701 e. The van der Waals surface area contributed by atoms with Gasteiger partial charge in [0.15, 0.2) is 0 Å². The average molecular weight is 245 g/mol. The number of rotatable bonds is 13. The first-order valence-electron chi connectivity index (χ1n) is 7.15. The van der Waals surface area contributed by atoms with Crippen molar-refractivity contribution in [1.29, 1.82) is 0 Å². The lowest BCUT2D eigenvalue weighted by Gasteiger charge is -2.16. The molecule has 3 heteroatoms. The lowest BCUT2D eigenvalue weighted by atomic mass is 10.1. The summed E-state index contributed by atoms with van der Waals surface area (Å²) in [7, 11) is 2.17. The summed E-state index contributed by atoms with van der Waals surface area (Å²) >= 11 is 0. The third-order valence-electron chi connectivity index (χ3n) is 2.84. The predicted octanol–water partition coefficient (Wildman–Crippen LogP) is 2.94. The van der Waals surface area contributed by atoms with Gasteiger partial charge in [-0.3, -0.25) is 0 Å². The van der Waals surface area contributed by atoms with Crippen molar-refractivity contribution in [3.8, 4) is 0 Å². The van der Waals surface area contributed by atoms with Crippen LogP contribution in [0.15, 0.2) is 0 Å². The van der Waals surface area contributed by atoms with Gasteiger partial charge in [-0.25, -0.2) is 0 Å². The summed E-state index contributed by atoms with van der Waals surface area (Å²) in [5.74, 6) is 0. The maximum absolute atomic E-state index is 5.48. The smallest absolute Gasteiger partial charge is 0.0701 e. The van der Waals surface area contributed by atoms with Gasteiger partial charge in [-0.1, -0.05) is 32.6 Å². The van der Waals surface area contributed by atoms with Gasteiger partial charge in [0.1, 0.15) is 0 Å². The molecule has 0 amide bonds. The van der Waals surface area contributed by atoms with E-state index in [4.69, 9.17) is 9.47 Å². The molecule has 0 N–H and O–H groups in total. The molecular weight excluding hydrogens is 214 g/mol. The van der Waals surface area contributed by atoms with E-state index in [-0.39, 0.29) is 0 Å². The minimum Gasteiger partial charge on any atom is -0.379 e. The van der Waals surface area contributed by atoms with Crippen LogP contribution in [0.4, 0.5) is 0 Å². The zero-order valence-electron chi connectivity index (χ0n) is 12.0. The highest BCUT2D eigenvalue weighted by Gasteiger charge is 1.98. The second kappa shape index (κ2) is 13.9. The first-order chi connectivity index (χ1) is 8.31. The molecule has 0 atom stereocenters. The topological polar surface area (TPSA) is 21.7 Å². The molecular formula is C14H31NO2. The fourth-order valence-corrected chi connectivity index (χ4v) is 1.68. The SMILES string of the molecule is CCCCCCCN(C)CCOCCOCC. The molecule has 0 fully saturated rings. The van der Waals surface area contributed by atoms with Gasteiger partial charge in [-0.2, -0.15) is 0 Å². The van der Waals surface area contributed by atoms with Crippen LogP contribution in [0.25, 0.3) is 0 Å². The van der Waals surface area contributed by atoms with Gasteiger partial charge >= 0.3 is 0 Å². The fraction of sp³-hybridized carbons (Fsp3) is 1.00. The van der Waals surface area contributed by atoms with Gasteiger partial charge in [0.05, 0.1) is 19.8 Å². The summed E-state index contributed by atoms with van der Waals surface area (Å²) in [5.41, 5.74) is 0. The number of nitrogens with zero attached hydrogens (tertiary/aromatic N) is 1. The quantitative estimate of drug-likeness (QED) is 0.466. The first kappa shape index (κ1) is 16.9. The van der Waals surface area contributed by atoms with Crippen LogP contribution in [0.2, 0.25) is 0 Å². The van der Waals surface area contributed by atoms with E-state index >= 15 is 0 Å². The number of unbranched alkanes of at least 4 members (excludes halogenated alkanes) is 4. The molecule has 0 rings (SSSR count). The van der Waals surface area contributed by atoms with E-state index in [0.29, 0.717) is 0 Å². The Morgan fingerprint density at radius 1 is 0.765 bits per heavy atom. The Morgan fingerprint density at radius 3 is 2.18 bits per heavy atom. The molecule has 0 saturated heterocycles.